The molecule has 0 aliphatic rings. The standard InChI is InChI=1S/C3H9O4P.2C3H9O3P/c1-5-8(4,6-2)7-3;1-5-7(3,4)6-2;1-4-7(5-2)6-3/h1-3H3;2*1-3H3. The summed E-state index contributed by atoms with van der Waals surface area (Å²) < 4.78 is 57.0. The zero-order valence-corrected chi connectivity index (χ0v) is 17.1. The van der Waals surface area contributed by atoms with Gasteiger partial charge in [0.15, 0.2) is 0 Å². The number of rotatable bonds is 8. The molecule has 0 aromatic heterocycles. The van der Waals surface area contributed by atoms with Crippen molar-refractivity contribution in [1.82, 2.24) is 0 Å². The number of hydrogen-bond acceptors (Lipinski definition) is 10. The predicted octanol–water partition coefficient (Wildman–Crippen LogP) is 3.29. The molecule has 0 aliphatic carbocycles. The largest absolute Gasteiger partial charge is 0.473 e. The highest BCUT2D eigenvalue weighted by molar-refractivity contribution is 7.52. The molecule has 0 heterocycles. The molecule has 0 amide bonds. The Balaban J connectivity index is -0.000000247. The van der Waals surface area contributed by atoms with E-state index in [0.29, 0.717) is 0 Å². The molecule has 22 heavy (non-hydrogen) atoms. The Morgan fingerprint density at radius 1 is 0.591 bits per heavy atom. The molecule has 0 unspecified atom stereocenters. The van der Waals surface area contributed by atoms with E-state index in [1.165, 1.54) is 42.2 Å². The van der Waals surface area contributed by atoms with Crippen molar-refractivity contribution in [2.75, 3.05) is 63.5 Å². The van der Waals surface area contributed by atoms with Crippen LogP contribution in [0.4, 0.5) is 0 Å². The van der Waals surface area contributed by atoms with Gasteiger partial charge in [-0.05, 0) is 0 Å². The smallest absolute Gasteiger partial charge is 0.316 e. The Morgan fingerprint density at radius 3 is 0.864 bits per heavy atom. The van der Waals surface area contributed by atoms with Gasteiger partial charge in [0.25, 0.3) is 0 Å². The summed E-state index contributed by atoms with van der Waals surface area (Å²) in [4.78, 5) is 0. The van der Waals surface area contributed by atoms with Crippen molar-refractivity contribution in [2.24, 2.45) is 0 Å². The molecule has 13 heteroatoms. The minimum atomic E-state index is -3.16. The summed E-state index contributed by atoms with van der Waals surface area (Å²) in [6.45, 7) is 1.41. The normalized spacial score (nSPS) is 11.4. The van der Waals surface area contributed by atoms with Crippen LogP contribution in [0.5, 0.6) is 0 Å². The first kappa shape index (κ1) is 27.4. The highest BCUT2D eigenvalue weighted by Gasteiger charge is 2.18. The quantitative estimate of drug-likeness (QED) is 0.575. The average Bonchev–Trinajstić information content (AvgIpc) is 2.57. The molecule has 0 radical (unpaired) electrons. The van der Waals surface area contributed by atoms with Crippen LogP contribution in [0.25, 0.3) is 0 Å². The molecule has 138 valence electrons. The third-order valence-electron chi connectivity index (χ3n) is 1.78. The van der Waals surface area contributed by atoms with Crippen LogP contribution in [0.3, 0.4) is 0 Å². The van der Waals surface area contributed by atoms with E-state index >= 15 is 0 Å². The molecule has 0 aliphatic heterocycles. The lowest BCUT2D eigenvalue weighted by Gasteiger charge is -2.08. The summed E-state index contributed by atoms with van der Waals surface area (Å²) in [5.41, 5.74) is 0. The van der Waals surface area contributed by atoms with E-state index in [4.69, 9.17) is 0 Å². The Bertz CT molecular complexity index is 290. The summed E-state index contributed by atoms with van der Waals surface area (Å²) >= 11 is 0. The lowest BCUT2D eigenvalue weighted by molar-refractivity contribution is 0.178. The second-order valence-corrected chi connectivity index (χ2v) is 8.71. The van der Waals surface area contributed by atoms with E-state index in [9.17, 15) is 9.13 Å². The minimum absolute atomic E-state index is 1.05. The van der Waals surface area contributed by atoms with Gasteiger partial charge in [-0.15, -0.1) is 0 Å². The van der Waals surface area contributed by atoms with Gasteiger partial charge in [-0.1, -0.05) is 0 Å². The molecule has 0 saturated carbocycles. The minimum Gasteiger partial charge on any atom is -0.316 e. The molecule has 0 aromatic rings. The van der Waals surface area contributed by atoms with Crippen LogP contribution in [-0.2, 0) is 45.3 Å². The van der Waals surface area contributed by atoms with E-state index in [1.807, 2.05) is 0 Å². The predicted molar refractivity (Wildman–Crippen MR) is 84.1 cm³/mol. The fraction of sp³-hybridized carbons (Fsp3) is 1.00. The maximum atomic E-state index is 10.7. The van der Waals surface area contributed by atoms with Crippen LogP contribution in [0, 0.1) is 0 Å². The summed E-state index contributed by atoms with van der Waals surface area (Å²) in [6, 6.07) is 0. The Morgan fingerprint density at radius 2 is 0.864 bits per heavy atom. The first-order chi connectivity index (χ1) is 10.1. The lowest BCUT2D eigenvalue weighted by Crippen LogP contribution is -1.88. The summed E-state index contributed by atoms with van der Waals surface area (Å²) in [6.07, 6.45) is 0. The van der Waals surface area contributed by atoms with Crippen molar-refractivity contribution in [1.29, 1.82) is 0 Å². The fourth-order valence-corrected chi connectivity index (χ4v) is 1.57. The van der Waals surface area contributed by atoms with Crippen molar-refractivity contribution < 1.29 is 45.3 Å². The van der Waals surface area contributed by atoms with E-state index < -0.39 is 24.0 Å². The molecular weight excluding hydrogens is 361 g/mol. The van der Waals surface area contributed by atoms with Crippen molar-refractivity contribution in [2.45, 2.75) is 0 Å². The second-order valence-electron chi connectivity index (χ2n) is 2.90. The molecule has 0 atom stereocenters. The second kappa shape index (κ2) is 16.4. The highest BCUT2D eigenvalue weighted by Crippen LogP contribution is 2.46. The van der Waals surface area contributed by atoms with Gasteiger partial charge in [0.2, 0.25) is 0 Å². The third-order valence-corrected chi connectivity index (χ3v) is 5.34. The van der Waals surface area contributed by atoms with Gasteiger partial charge in [0.05, 0.1) is 0 Å². The Labute approximate surface area is 133 Å². The summed E-state index contributed by atoms with van der Waals surface area (Å²) in [5.74, 6) is 0. The molecule has 0 saturated heterocycles. The Kier molecular flexibility index (Phi) is 20.5. The van der Waals surface area contributed by atoms with Gasteiger partial charge in [-0.3, -0.25) is 18.1 Å². The fourth-order valence-electron chi connectivity index (χ4n) is 0.522. The van der Waals surface area contributed by atoms with Crippen LogP contribution < -0.4 is 0 Å². The van der Waals surface area contributed by atoms with Crippen molar-refractivity contribution in [3.8, 4) is 0 Å². The van der Waals surface area contributed by atoms with E-state index in [1.54, 1.807) is 21.3 Å². The van der Waals surface area contributed by atoms with E-state index in [-0.39, 0.29) is 0 Å². The molecule has 0 spiro atoms. The SMILES string of the molecule is COP(=O)(OC)OC.COP(C)(=O)OC.COP(OC)OC. The first-order valence-electron chi connectivity index (χ1n) is 5.54. The van der Waals surface area contributed by atoms with Crippen LogP contribution in [-0.4, -0.2) is 63.5 Å². The number of phosphoric acid groups is 1. The van der Waals surface area contributed by atoms with Gasteiger partial charge < -0.3 is 22.6 Å². The third kappa shape index (κ3) is 16.9. The van der Waals surface area contributed by atoms with Gasteiger partial charge >= 0.3 is 24.0 Å². The summed E-state index contributed by atoms with van der Waals surface area (Å²) in [7, 11) is 4.23. The molecule has 0 fully saturated rings. The molecule has 0 bridgehead atoms. The Hall–Kier alpha value is 0.570. The van der Waals surface area contributed by atoms with E-state index in [0.717, 1.165) is 0 Å². The first-order valence-corrected chi connectivity index (χ1v) is 10.1. The van der Waals surface area contributed by atoms with Crippen molar-refractivity contribution >= 4 is 24.0 Å². The number of hydrogen-bond donors (Lipinski definition) is 0. The van der Waals surface area contributed by atoms with Crippen LogP contribution in [0.2, 0.25) is 0 Å². The molecule has 0 N–H and O–H groups in total. The van der Waals surface area contributed by atoms with Gasteiger partial charge in [0.1, 0.15) is 0 Å². The summed E-state index contributed by atoms with van der Waals surface area (Å²) in [5, 5.41) is 0. The molecule has 0 rings (SSSR count). The van der Waals surface area contributed by atoms with Crippen molar-refractivity contribution in [3.05, 3.63) is 0 Å². The van der Waals surface area contributed by atoms with Gasteiger partial charge in [0, 0.05) is 63.5 Å². The average molecular weight is 388 g/mol. The number of phosphoric ester groups is 1. The molecule has 0 aromatic carbocycles. The van der Waals surface area contributed by atoms with Crippen molar-refractivity contribution in [3.63, 3.8) is 0 Å². The topological polar surface area (TPSA) is 108 Å². The monoisotopic (exact) mass is 388 g/mol. The van der Waals surface area contributed by atoms with Crippen LogP contribution >= 0.6 is 24.0 Å². The zero-order valence-electron chi connectivity index (χ0n) is 14.4. The van der Waals surface area contributed by atoms with Gasteiger partial charge in [-0.25, -0.2) is 4.57 Å². The molecular formula is C9H27O10P3. The molecule has 10 nitrogen and oxygen atoms in total. The van der Waals surface area contributed by atoms with Crippen LogP contribution in [0.15, 0.2) is 0 Å². The maximum absolute atomic E-state index is 10.7. The van der Waals surface area contributed by atoms with E-state index in [2.05, 4.69) is 36.2 Å². The lowest BCUT2D eigenvalue weighted by atomic mass is 11.8. The maximum Gasteiger partial charge on any atom is 0.473 e. The zero-order chi connectivity index (χ0) is 18.2. The highest BCUT2D eigenvalue weighted by atomic mass is 31.2. The van der Waals surface area contributed by atoms with Crippen LogP contribution in [0.1, 0.15) is 0 Å². The van der Waals surface area contributed by atoms with Gasteiger partial charge in [-0.2, -0.15) is 0 Å².